The highest BCUT2D eigenvalue weighted by atomic mass is 16.2. The number of aromatic amines is 2. The lowest BCUT2D eigenvalue weighted by molar-refractivity contribution is 0.901. The number of nitrogens with one attached hydrogen (secondary N) is 2. The van der Waals surface area contributed by atoms with E-state index in [0.29, 0.717) is 17.5 Å². The van der Waals surface area contributed by atoms with Crippen LogP contribution in [0, 0.1) is 23.7 Å². The minimum absolute atomic E-state index is 0.139. The van der Waals surface area contributed by atoms with Crippen LogP contribution in [0.1, 0.15) is 23.9 Å². The fourth-order valence-electron chi connectivity index (χ4n) is 2.59. The molecule has 0 bridgehead atoms. The third-order valence-corrected chi connectivity index (χ3v) is 4.04. The zero-order valence-electron chi connectivity index (χ0n) is 15.8. The van der Waals surface area contributed by atoms with Gasteiger partial charge in [-0.2, -0.15) is 0 Å². The standard InChI is InChI=1S/C22H14N4O2/c1-26-18(23-19-20(26)24-22(28)25-21(19)27)14-13-17-11-9-16(10-12-17)8-7-15-5-3-2-4-6-15/h2-6,9-12H,1H3,(H2,24,25,27,28)/i2T. The van der Waals surface area contributed by atoms with Crippen molar-refractivity contribution in [2.75, 3.05) is 0 Å². The van der Waals surface area contributed by atoms with E-state index in [9.17, 15) is 9.59 Å². The molecule has 0 saturated carbocycles. The van der Waals surface area contributed by atoms with Crippen molar-refractivity contribution in [3.63, 3.8) is 0 Å². The van der Waals surface area contributed by atoms with Gasteiger partial charge in [-0.3, -0.25) is 14.8 Å². The van der Waals surface area contributed by atoms with Crippen LogP contribution in [0.4, 0.5) is 0 Å². The molecule has 6 heteroatoms. The van der Waals surface area contributed by atoms with E-state index in [1.165, 1.54) is 0 Å². The van der Waals surface area contributed by atoms with E-state index in [4.69, 9.17) is 1.37 Å². The molecule has 0 atom stereocenters. The van der Waals surface area contributed by atoms with Gasteiger partial charge in [0.25, 0.3) is 5.56 Å². The highest BCUT2D eigenvalue weighted by Gasteiger charge is 2.10. The summed E-state index contributed by atoms with van der Waals surface area (Å²) in [5, 5.41) is 0. The molecule has 0 aliphatic carbocycles. The Labute approximate surface area is 161 Å². The second kappa shape index (κ2) is 7.14. The number of aryl methyl sites for hydroxylation is 1. The van der Waals surface area contributed by atoms with Gasteiger partial charge in [0.2, 0.25) is 0 Å². The summed E-state index contributed by atoms with van der Waals surface area (Å²) in [6.07, 6.45) is 0. The van der Waals surface area contributed by atoms with Crippen LogP contribution in [-0.2, 0) is 7.05 Å². The molecule has 2 aromatic heterocycles. The van der Waals surface area contributed by atoms with E-state index < -0.39 is 11.2 Å². The minimum atomic E-state index is -0.586. The van der Waals surface area contributed by atoms with E-state index >= 15 is 0 Å². The predicted molar refractivity (Wildman–Crippen MR) is 107 cm³/mol. The van der Waals surface area contributed by atoms with Crippen LogP contribution in [0.2, 0.25) is 0 Å². The van der Waals surface area contributed by atoms with Gasteiger partial charge in [-0.05, 0) is 42.3 Å². The molecule has 2 N–H and O–H groups in total. The summed E-state index contributed by atoms with van der Waals surface area (Å²) < 4.78 is 9.05. The maximum atomic E-state index is 11.8. The van der Waals surface area contributed by atoms with Crippen LogP contribution >= 0.6 is 0 Å². The van der Waals surface area contributed by atoms with Crippen LogP contribution in [-0.4, -0.2) is 19.5 Å². The molecule has 0 radical (unpaired) electrons. The van der Waals surface area contributed by atoms with Crippen molar-refractivity contribution in [1.29, 1.82) is 0 Å². The topological polar surface area (TPSA) is 83.5 Å². The van der Waals surface area contributed by atoms with Crippen molar-refractivity contribution < 1.29 is 1.37 Å². The number of H-pyrrole nitrogens is 2. The number of hydrogen-bond acceptors (Lipinski definition) is 3. The van der Waals surface area contributed by atoms with Crippen LogP contribution in [0.15, 0.2) is 64.2 Å². The average molecular weight is 368 g/mol. The molecule has 0 fully saturated rings. The summed E-state index contributed by atoms with van der Waals surface area (Å²) in [6, 6.07) is 14.9. The lowest BCUT2D eigenvalue weighted by atomic mass is 10.1. The molecule has 0 saturated heterocycles. The van der Waals surface area contributed by atoms with E-state index in [-0.39, 0.29) is 5.52 Å². The number of imidazole rings is 1. The van der Waals surface area contributed by atoms with Crippen LogP contribution in [0.25, 0.3) is 11.2 Å². The smallest absolute Gasteiger partial charge is 0.306 e. The second-order valence-electron chi connectivity index (χ2n) is 5.97. The molecule has 2 aromatic carbocycles. The lowest BCUT2D eigenvalue weighted by Gasteiger charge is -1.94. The van der Waals surface area contributed by atoms with Gasteiger partial charge in [0.1, 0.15) is 5.65 Å². The Bertz CT molecular complexity index is 1450. The average Bonchev–Trinajstić information content (AvgIpc) is 3.03. The fraction of sp³-hybridized carbons (Fsp3) is 0.0455. The Morgan fingerprint density at radius 3 is 2.11 bits per heavy atom. The fourth-order valence-corrected chi connectivity index (χ4v) is 2.59. The Morgan fingerprint density at radius 2 is 1.46 bits per heavy atom. The zero-order valence-corrected chi connectivity index (χ0v) is 14.8. The van der Waals surface area contributed by atoms with Gasteiger partial charge in [-0.15, -0.1) is 0 Å². The lowest BCUT2D eigenvalue weighted by Crippen LogP contribution is -2.22. The maximum Gasteiger partial charge on any atom is 0.327 e. The summed E-state index contributed by atoms with van der Waals surface area (Å²) in [6.45, 7) is 0. The molecule has 0 unspecified atom stereocenters. The summed E-state index contributed by atoms with van der Waals surface area (Å²) in [5.74, 6) is 12.4. The molecule has 4 aromatic rings. The Kier molecular flexibility index (Phi) is 4.06. The molecular formula is C22H14N4O2. The minimum Gasteiger partial charge on any atom is -0.306 e. The van der Waals surface area contributed by atoms with Gasteiger partial charge >= 0.3 is 5.69 Å². The number of hydrogen-bond donors (Lipinski definition) is 2. The van der Waals surface area contributed by atoms with Gasteiger partial charge < -0.3 is 4.57 Å². The molecule has 4 rings (SSSR count). The van der Waals surface area contributed by atoms with Crippen molar-refractivity contribution in [3.05, 3.63) is 97.9 Å². The predicted octanol–water partition coefficient (Wildman–Crippen LogP) is 1.75. The third-order valence-electron chi connectivity index (χ3n) is 4.04. The zero-order chi connectivity index (χ0) is 20.4. The van der Waals surface area contributed by atoms with E-state index in [2.05, 4.69) is 38.6 Å². The van der Waals surface area contributed by atoms with E-state index in [1.54, 1.807) is 23.7 Å². The normalized spacial score (nSPS) is 10.5. The number of nitrogens with zero attached hydrogens (tertiary/aromatic N) is 2. The van der Waals surface area contributed by atoms with E-state index in [1.807, 2.05) is 36.4 Å². The first-order chi connectivity index (χ1) is 14.0. The maximum absolute atomic E-state index is 11.8. The highest BCUT2D eigenvalue weighted by Crippen LogP contribution is 2.07. The number of rotatable bonds is 0. The quantitative estimate of drug-likeness (QED) is 0.464. The van der Waals surface area contributed by atoms with Gasteiger partial charge in [0.05, 0.1) is 1.37 Å². The molecule has 0 aliphatic rings. The van der Waals surface area contributed by atoms with Crippen LogP contribution in [0.5, 0.6) is 0 Å². The SMILES string of the molecule is [3H]c1ccc(C#Cc2ccc(C#Cc3nc4c(=O)[nH]c(=O)[nH]c4n3C)cc2)cc1. The second-order valence-corrected chi connectivity index (χ2v) is 5.97. The van der Waals surface area contributed by atoms with Gasteiger partial charge in [0, 0.05) is 23.7 Å². The Balaban J connectivity index is 1.59. The summed E-state index contributed by atoms with van der Waals surface area (Å²) in [5.41, 5.74) is 1.79. The number of aromatic nitrogens is 4. The highest BCUT2D eigenvalue weighted by molar-refractivity contribution is 5.70. The van der Waals surface area contributed by atoms with Gasteiger partial charge in [-0.25, -0.2) is 9.78 Å². The first kappa shape index (κ1) is 15.9. The van der Waals surface area contributed by atoms with Gasteiger partial charge in [0.15, 0.2) is 11.3 Å². The Hall–Kier alpha value is -4.29. The van der Waals surface area contributed by atoms with E-state index in [0.717, 1.165) is 16.7 Å². The summed E-state index contributed by atoms with van der Waals surface area (Å²) in [7, 11) is 1.68. The molecule has 0 amide bonds. The van der Waals surface area contributed by atoms with Crippen molar-refractivity contribution in [3.8, 4) is 23.7 Å². The Morgan fingerprint density at radius 1 is 0.893 bits per heavy atom. The third kappa shape index (κ3) is 3.48. The van der Waals surface area contributed by atoms with Crippen molar-refractivity contribution in [2.45, 2.75) is 0 Å². The first-order valence-electron chi connectivity index (χ1n) is 8.89. The first-order valence-corrected chi connectivity index (χ1v) is 8.39. The molecule has 0 aliphatic heterocycles. The number of benzene rings is 2. The largest absolute Gasteiger partial charge is 0.327 e. The van der Waals surface area contributed by atoms with Crippen LogP contribution in [0.3, 0.4) is 0 Å². The monoisotopic (exact) mass is 368 g/mol. The summed E-state index contributed by atoms with van der Waals surface area (Å²) in [4.78, 5) is 32.2. The number of fused-ring (bicyclic) bond motifs is 1. The molecule has 2 heterocycles. The molecule has 6 nitrogen and oxygen atoms in total. The molecule has 134 valence electrons. The molecule has 0 spiro atoms. The van der Waals surface area contributed by atoms with Gasteiger partial charge in [-0.1, -0.05) is 35.9 Å². The van der Waals surface area contributed by atoms with Crippen molar-refractivity contribution in [1.82, 2.24) is 19.5 Å². The van der Waals surface area contributed by atoms with Crippen LogP contribution < -0.4 is 11.2 Å². The van der Waals surface area contributed by atoms with Crippen molar-refractivity contribution in [2.24, 2.45) is 7.05 Å². The molecular weight excluding hydrogens is 352 g/mol. The molecule has 28 heavy (non-hydrogen) atoms. The van der Waals surface area contributed by atoms with Crippen molar-refractivity contribution >= 4 is 11.2 Å². The summed E-state index contributed by atoms with van der Waals surface area (Å²) >= 11 is 0.